The number of hydrogen-bond acceptors (Lipinski definition) is 7. The van der Waals surface area contributed by atoms with Gasteiger partial charge < -0.3 is 14.2 Å². The molecular formula is C23H23N3O5. The second kappa shape index (κ2) is 9.51. The lowest BCUT2D eigenvalue weighted by Gasteiger charge is -2.11. The molecule has 1 aromatic heterocycles. The second-order valence-electron chi connectivity index (χ2n) is 6.84. The van der Waals surface area contributed by atoms with E-state index in [0.717, 1.165) is 11.1 Å². The molecule has 0 aliphatic carbocycles. The molecule has 0 atom stereocenters. The molecule has 31 heavy (non-hydrogen) atoms. The molecule has 8 nitrogen and oxygen atoms in total. The maximum absolute atomic E-state index is 12.5. The number of nitriles is 1. The van der Waals surface area contributed by atoms with Gasteiger partial charge in [-0.2, -0.15) is 10.4 Å². The summed E-state index contributed by atoms with van der Waals surface area (Å²) < 4.78 is 17.3. The van der Waals surface area contributed by atoms with Crippen LogP contribution in [-0.4, -0.2) is 42.4 Å². The zero-order chi connectivity index (χ0) is 22.5. The lowest BCUT2D eigenvalue weighted by atomic mass is 10.0. The number of methoxy groups -OCH3 is 2. The summed E-state index contributed by atoms with van der Waals surface area (Å²) >= 11 is 0. The number of hydrogen-bond donors (Lipinski definition) is 0. The quantitative estimate of drug-likeness (QED) is 0.238. The predicted molar refractivity (Wildman–Crippen MR) is 112 cm³/mol. The highest BCUT2D eigenvalue weighted by Crippen LogP contribution is 2.29. The Morgan fingerprint density at radius 1 is 1.19 bits per heavy atom. The van der Waals surface area contributed by atoms with Crippen LogP contribution < -0.4 is 0 Å². The van der Waals surface area contributed by atoms with Gasteiger partial charge in [0.25, 0.3) is 5.78 Å². The van der Waals surface area contributed by atoms with Gasteiger partial charge >= 0.3 is 5.97 Å². The maximum atomic E-state index is 12.5. The van der Waals surface area contributed by atoms with Crippen LogP contribution in [0, 0.1) is 18.3 Å². The van der Waals surface area contributed by atoms with Gasteiger partial charge in [0.1, 0.15) is 5.69 Å². The van der Waals surface area contributed by atoms with Crippen molar-refractivity contribution in [1.82, 2.24) is 9.78 Å². The van der Waals surface area contributed by atoms with E-state index in [-0.39, 0.29) is 12.2 Å². The fourth-order valence-electron chi connectivity index (χ4n) is 3.44. The number of Topliss-reactive ketones (excluding diaryl/α,β-unsaturated/α-hetero) is 1. The highest BCUT2D eigenvalue weighted by molar-refractivity contribution is 6.40. The van der Waals surface area contributed by atoms with Crippen molar-refractivity contribution in [3.8, 4) is 6.07 Å². The molecule has 160 valence electrons. The van der Waals surface area contributed by atoms with E-state index in [1.807, 2.05) is 19.1 Å². The fraction of sp³-hybridized carbons (Fsp3) is 0.304. The third-order valence-corrected chi connectivity index (χ3v) is 4.99. The lowest BCUT2D eigenvalue weighted by Crippen LogP contribution is -2.17. The van der Waals surface area contributed by atoms with E-state index in [9.17, 15) is 14.9 Å². The minimum Gasteiger partial charge on any atom is -0.460 e. The molecule has 0 fully saturated rings. The molecule has 0 amide bonds. The Morgan fingerprint density at radius 3 is 2.58 bits per heavy atom. The molecule has 0 N–H and O–H groups in total. The first-order valence-corrected chi connectivity index (χ1v) is 9.71. The van der Waals surface area contributed by atoms with Crippen LogP contribution in [-0.2, 0) is 25.5 Å². The first kappa shape index (κ1) is 22.2. The second-order valence-corrected chi connectivity index (χ2v) is 6.84. The predicted octanol–water partition coefficient (Wildman–Crippen LogP) is 3.30. The number of esters is 1. The Bertz CT molecular complexity index is 1170. The van der Waals surface area contributed by atoms with Crippen LogP contribution in [0.5, 0.6) is 0 Å². The number of ketones is 1. The molecule has 3 aromatic rings. The summed E-state index contributed by atoms with van der Waals surface area (Å²) in [6.07, 6.45) is -0.720. The molecule has 1 heterocycles. The van der Waals surface area contributed by atoms with Crippen molar-refractivity contribution in [1.29, 1.82) is 5.26 Å². The summed E-state index contributed by atoms with van der Waals surface area (Å²) in [5, 5.41) is 14.9. The Balaban J connectivity index is 2.17. The van der Waals surface area contributed by atoms with E-state index < -0.39 is 18.0 Å². The molecule has 0 bridgehead atoms. The van der Waals surface area contributed by atoms with Crippen LogP contribution in [0.1, 0.15) is 46.0 Å². The first-order chi connectivity index (χ1) is 14.9. The van der Waals surface area contributed by atoms with Crippen molar-refractivity contribution in [2.75, 3.05) is 20.8 Å². The van der Waals surface area contributed by atoms with Crippen molar-refractivity contribution >= 4 is 22.7 Å². The fourth-order valence-corrected chi connectivity index (χ4v) is 3.44. The standard InChI is InChI=1S/C23H23N3O5/c1-5-31-22(28)21(27)15-9-10-17-19(11-15)26(25-20(17)23(29-3)30-4)13-18-14(2)7-6-8-16(18)12-24/h6-11,23H,5,13H2,1-4H3. The molecule has 3 rings (SSSR count). The third kappa shape index (κ3) is 4.33. The first-order valence-electron chi connectivity index (χ1n) is 9.71. The van der Waals surface area contributed by atoms with Crippen LogP contribution in [0.15, 0.2) is 36.4 Å². The molecule has 0 aliphatic rings. The summed E-state index contributed by atoms with van der Waals surface area (Å²) in [7, 11) is 3.01. The van der Waals surface area contributed by atoms with Gasteiger partial charge in [-0.1, -0.05) is 12.1 Å². The summed E-state index contributed by atoms with van der Waals surface area (Å²) in [6.45, 7) is 3.97. The molecule has 0 saturated carbocycles. The summed E-state index contributed by atoms with van der Waals surface area (Å²) in [4.78, 5) is 24.4. The molecule has 2 aromatic carbocycles. The van der Waals surface area contributed by atoms with Crippen molar-refractivity contribution in [2.24, 2.45) is 0 Å². The number of aryl methyl sites for hydroxylation is 1. The van der Waals surface area contributed by atoms with E-state index >= 15 is 0 Å². The Kier molecular flexibility index (Phi) is 6.80. The summed E-state index contributed by atoms with van der Waals surface area (Å²) in [5.74, 6) is -1.65. The monoisotopic (exact) mass is 421 g/mol. The van der Waals surface area contributed by atoms with Gasteiger partial charge in [0.2, 0.25) is 6.29 Å². The molecule has 0 aliphatic heterocycles. The normalized spacial score (nSPS) is 11.0. The number of carbonyl (C=O) groups is 2. The topological polar surface area (TPSA) is 103 Å². The number of carbonyl (C=O) groups excluding carboxylic acids is 2. The van der Waals surface area contributed by atoms with Gasteiger partial charge in [-0.25, -0.2) is 4.79 Å². The minimum atomic E-state index is -0.912. The van der Waals surface area contributed by atoms with Gasteiger partial charge in [0.05, 0.1) is 30.3 Å². The van der Waals surface area contributed by atoms with Crippen molar-refractivity contribution in [2.45, 2.75) is 26.7 Å². The Labute approximate surface area is 179 Å². The Morgan fingerprint density at radius 2 is 1.94 bits per heavy atom. The minimum absolute atomic E-state index is 0.114. The zero-order valence-electron chi connectivity index (χ0n) is 17.8. The van der Waals surface area contributed by atoms with E-state index in [1.165, 1.54) is 14.2 Å². The smallest absolute Gasteiger partial charge is 0.379 e. The van der Waals surface area contributed by atoms with Gasteiger partial charge in [-0.15, -0.1) is 0 Å². The molecule has 0 radical (unpaired) electrons. The summed E-state index contributed by atoms with van der Waals surface area (Å²) in [5.41, 5.74) is 3.63. The number of nitrogens with zero attached hydrogens (tertiary/aromatic N) is 3. The average molecular weight is 421 g/mol. The average Bonchev–Trinajstić information content (AvgIpc) is 3.13. The van der Waals surface area contributed by atoms with E-state index in [0.29, 0.717) is 28.7 Å². The van der Waals surface area contributed by atoms with E-state index in [4.69, 9.17) is 14.2 Å². The van der Waals surface area contributed by atoms with Gasteiger partial charge in [0.15, 0.2) is 0 Å². The van der Waals surface area contributed by atoms with Crippen LogP contribution in [0.2, 0.25) is 0 Å². The molecule has 8 heteroatoms. The highest BCUT2D eigenvalue weighted by Gasteiger charge is 2.23. The van der Waals surface area contributed by atoms with E-state index in [2.05, 4.69) is 11.2 Å². The Hall–Kier alpha value is -3.54. The summed E-state index contributed by atoms with van der Waals surface area (Å²) in [6, 6.07) is 12.6. The number of rotatable bonds is 8. The highest BCUT2D eigenvalue weighted by atomic mass is 16.7. The SMILES string of the molecule is CCOC(=O)C(=O)c1ccc2c(C(OC)OC)nn(Cc3c(C)cccc3C#N)c2c1. The number of fused-ring (bicyclic) bond motifs is 1. The maximum Gasteiger partial charge on any atom is 0.379 e. The molecule has 0 spiro atoms. The van der Waals surface area contributed by atoms with Crippen molar-refractivity contribution < 1.29 is 23.8 Å². The van der Waals surface area contributed by atoms with Crippen LogP contribution in [0.4, 0.5) is 0 Å². The van der Waals surface area contributed by atoms with Crippen molar-refractivity contribution in [3.63, 3.8) is 0 Å². The zero-order valence-corrected chi connectivity index (χ0v) is 17.8. The van der Waals surface area contributed by atoms with Crippen molar-refractivity contribution in [3.05, 3.63) is 64.3 Å². The van der Waals surface area contributed by atoms with E-state index in [1.54, 1.807) is 35.9 Å². The van der Waals surface area contributed by atoms with Gasteiger partial charge in [-0.05, 0) is 49.2 Å². The largest absolute Gasteiger partial charge is 0.460 e. The molecule has 0 saturated heterocycles. The lowest BCUT2D eigenvalue weighted by molar-refractivity contribution is -0.137. The van der Waals surface area contributed by atoms with Gasteiger partial charge in [0, 0.05) is 25.2 Å². The number of ether oxygens (including phenoxy) is 3. The van der Waals surface area contributed by atoms with Crippen LogP contribution in [0.3, 0.4) is 0 Å². The van der Waals surface area contributed by atoms with Gasteiger partial charge in [-0.3, -0.25) is 9.48 Å². The molecular weight excluding hydrogens is 398 g/mol. The van der Waals surface area contributed by atoms with Crippen LogP contribution >= 0.6 is 0 Å². The molecule has 0 unspecified atom stereocenters. The van der Waals surface area contributed by atoms with Crippen LogP contribution in [0.25, 0.3) is 10.9 Å². The number of aromatic nitrogens is 2. The number of benzene rings is 2. The third-order valence-electron chi connectivity index (χ3n) is 4.99.